The molecule has 3 atom stereocenters. The van der Waals surface area contributed by atoms with Crippen molar-refractivity contribution < 1.29 is 4.39 Å². The fourth-order valence-corrected chi connectivity index (χ4v) is 3.67. The van der Waals surface area contributed by atoms with E-state index in [1.165, 1.54) is 19.3 Å². The molecular formula is C16H23FN2. The van der Waals surface area contributed by atoms with Gasteiger partial charge in [0.1, 0.15) is 5.82 Å². The molecule has 2 aliphatic rings. The lowest BCUT2D eigenvalue weighted by Gasteiger charge is -2.30. The predicted molar refractivity (Wildman–Crippen MR) is 77.0 cm³/mol. The Bertz CT molecular complexity index is 460. The van der Waals surface area contributed by atoms with E-state index in [2.05, 4.69) is 30.1 Å². The molecule has 1 N–H and O–H groups in total. The van der Waals surface area contributed by atoms with E-state index >= 15 is 0 Å². The number of hydrogen-bond acceptors (Lipinski definition) is 2. The number of halogens is 1. The van der Waals surface area contributed by atoms with Crippen LogP contribution < -0.4 is 10.2 Å². The maximum Gasteiger partial charge on any atom is 0.146 e. The molecule has 3 rings (SSSR count). The first-order valence-electron chi connectivity index (χ1n) is 7.48. The van der Waals surface area contributed by atoms with Gasteiger partial charge >= 0.3 is 0 Å². The molecule has 3 unspecified atom stereocenters. The highest BCUT2D eigenvalue weighted by Gasteiger charge is 2.38. The van der Waals surface area contributed by atoms with Crippen molar-refractivity contribution in [2.24, 2.45) is 5.92 Å². The SMILES string of the molecule is CCNC(C)c1ccc(N2CC3CCC2C3)c(F)c1. The molecule has 2 bridgehead atoms. The van der Waals surface area contributed by atoms with Gasteiger partial charge in [-0.3, -0.25) is 0 Å². The number of nitrogens with one attached hydrogen (secondary N) is 1. The molecule has 1 heterocycles. The molecule has 2 fully saturated rings. The van der Waals surface area contributed by atoms with Gasteiger partial charge in [0, 0.05) is 18.6 Å². The van der Waals surface area contributed by atoms with Gasteiger partial charge in [-0.25, -0.2) is 4.39 Å². The van der Waals surface area contributed by atoms with E-state index in [4.69, 9.17) is 0 Å². The minimum Gasteiger partial charge on any atom is -0.366 e. The zero-order valence-corrected chi connectivity index (χ0v) is 11.8. The van der Waals surface area contributed by atoms with Gasteiger partial charge in [-0.2, -0.15) is 0 Å². The third-order valence-electron chi connectivity index (χ3n) is 4.70. The highest BCUT2D eigenvalue weighted by molar-refractivity contribution is 5.52. The van der Waals surface area contributed by atoms with Crippen molar-refractivity contribution in [2.75, 3.05) is 18.0 Å². The van der Waals surface area contributed by atoms with Crippen LogP contribution in [0.4, 0.5) is 10.1 Å². The van der Waals surface area contributed by atoms with Crippen molar-refractivity contribution in [3.8, 4) is 0 Å². The van der Waals surface area contributed by atoms with Crippen LogP contribution in [-0.2, 0) is 0 Å². The number of hydrogen-bond donors (Lipinski definition) is 1. The fraction of sp³-hybridized carbons (Fsp3) is 0.625. The minimum atomic E-state index is -0.0604. The lowest BCUT2D eigenvalue weighted by Crippen LogP contribution is -2.32. The first kappa shape index (κ1) is 12.9. The Balaban J connectivity index is 1.80. The monoisotopic (exact) mass is 262 g/mol. The quantitative estimate of drug-likeness (QED) is 0.893. The number of nitrogens with zero attached hydrogens (tertiary/aromatic N) is 1. The van der Waals surface area contributed by atoms with E-state index in [1.54, 1.807) is 6.07 Å². The number of fused-ring (bicyclic) bond motifs is 2. The standard InChI is InChI=1S/C16H23FN2/c1-3-18-11(2)13-5-7-16(15(17)9-13)19-10-12-4-6-14(19)8-12/h5,7,9,11-12,14,18H,3-4,6,8,10H2,1-2H3. The van der Waals surface area contributed by atoms with Crippen LogP contribution in [0.5, 0.6) is 0 Å². The molecule has 1 aromatic rings. The molecule has 0 amide bonds. The average Bonchev–Trinajstić information content (AvgIpc) is 3.01. The molecule has 19 heavy (non-hydrogen) atoms. The van der Waals surface area contributed by atoms with Crippen LogP contribution in [0.3, 0.4) is 0 Å². The van der Waals surface area contributed by atoms with Crippen LogP contribution in [0.1, 0.15) is 44.7 Å². The van der Waals surface area contributed by atoms with E-state index in [0.717, 1.165) is 30.3 Å². The topological polar surface area (TPSA) is 15.3 Å². The van der Waals surface area contributed by atoms with E-state index in [1.807, 2.05) is 6.07 Å². The highest BCUT2D eigenvalue weighted by atomic mass is 19.1. The Hall–Kier alpha value is -1.09. The van der Waals surface area contributed by atoms with E-state index in [-0.39, 0.29) is 11.9 Å². The first-order valence-corrected chi connectivity index (χ1v) is 7.48. The first-order chi connectivity index (χ1) is 9.19. The van der Waals surface area contributed by atoms with E-state index in [9.17, 15) is 4.39 Å². The number of anilines is 1. The van der Waals surface area contributed by atoms with Crippen LogP contribution in [0.15, 0.2) is 18.2 Å². The summed E-state index contributed by atoms with van der Waals surface area (Å²) in [7, 11) is 0. The van der Waals surface area contributed by atoms with Crippen LogP contribution in [0.2, 0.25) is 0 Å². The molecule has 104 valence electrons. The number of rotatable bonds is 4. The molecule has 1 saturated carbocycles. The van der Waals surface area contributed by atoms with Gasteiger partial charge < -0.3 is 10.2 Å². The average molecular weight is 262 g/mol. The normalized spacial score (nSPS) is 27.0. The Kier molecular flexibility index (Phi) is 3.48. The summed E-state index contributed by atoms with van der Waals surface area (Å²) in [4.78, 5) is 2.28. The zero-order chi connectivity index (χ0) is 13.4. The summed E-state index contributed by atoms with van der Waals surface area (Å²) in [6, 6.07) is 6.53. The van der Waals surface area contributed by atoms with Gasteiger partial charge in [-0.15, -0.1) is 0 Å². The summed E-state index contributed by atoms with van der Waals surface area (Å²) in [5.74, 6) is 0.736. The summed E-state index contributed by atoms with van der Waals surface area (Å²) < 4.78 is 14.4. The smallest absolute Gasteiger partial charge is 0.146 e. The summed E-state index contributed by atoms with van der Waals surface area (Å²) in [5, 5.41) is 3.32. The molecule has 0 spiro atoms. The van der Waals surface area contributed by atoms with Crippen LogP contribution in [0, 0.1) is 11.7 Å². The molecule has 0 radical (unpaired) electrons. The van der Waals surface area contributed by atoms with Gasteiger partial charge in [-0.05, 0) is 56.3 Å². The highest BCUT2D eigenvalue weighted by Crippen LogP contribution is 2.41. The molecular weight excluding hydrogens is 239 g/mol. The van der Waals surface area contributed by atoms with Crippen molar-refractivity contribution in [2.45, 2.75) is 45.2 Å². The summed E-state index contributed by atoms with van der Waals surface area (Å²) in [6.07, 6.45) is 3.83. The zero-order valence-electron chi connectivity index (χ0n) is 11.8. The lowest BCUT2D eigenvalue weighted by atomic mass is 10.1. The third kappa shape index (κ3) is 2.36. The summed E-state index contributed by atoms with van der Waals surface area (Å²) in [6.45, 7) is 6.10. The third-order valence-corrected chi connectivity index (χ3v) is 4.70. The van der Waals surface area contributed by atoms with Crippen LogP contribution >= 0.6 is 0 Å². The van der Waals surface area contributed by atoms with Crippen molar-refractivity contribution in [1.29, 1.82) is 0 Å². The number of piperidine rings is 1. The minimum absolute atomic E-state index is 0.0604. The second-order valence-corrected chi connectivity index (χ2v) is 5.98. The molecule has 1 saturated heterocycles. The van der Waals surface area contributed by atoms with E-state index in [0.29, 0.717) is 6.04 Å². The fourth-order valence-electron chi connectivity index (χ4n) is 3.67. The predicted octanol–water partition coefficient (Wildman–Crippen LogP) is 3.48. The second-order valence-electron chi connectivity index (χ2n) is 5.98. The maximum atomic E-state index is 14.4. The molecule has 3 heteroatoms. The lowest BCUT2D eigenvalue weighted by molar-refractivity contribution is 0.537. The summed E-state index contributed by atoms with van der Waals surface area (Å²) >= 11 is 0. The molecule has 1 aliphatic heterocycles. The summed E-state index contributed by atoms with van der Waals surface area (Å²) in [5.41, 5.74) is 1.84. The van der Waals surface area contributed by atoms with E-state index < -0.39 is 0 Å². The van der Waals surface area contributed by atoms with Gasteiger partial charge in [-0.1, -0.05) is 13.0 Å². The van der Waals surface area contributed by atoms with Crippen molar-refractivity contribution in [1.82, 2.24) is 5.32 Å². The Labute approximate surface area is 115 Å². The molecule has 1 aromatic carbocycles. The van der Waals surface area contributed by atoms with Crippen LogP contribution in [0.25, 0.3) is 0 Å². The Morgan fingerprint density at radius 2 is 2.26 bits per heavy atom. The van der Waals surface area contributed by atoms with Crippen molar-refractivity contribution in [3.63, 3.8) is 0 Å². The van der Waals surface area contributed by atoms with Crippen molar-refractivity contribution in [3.05, 3.63) is 29.6 Å². The number of benzene rings is 1. The van der Waals surface area contributed by atoms with Crippen molar-refractivity contribution >= 4 is 5.69 Å². The van der Waals surface area contributed by atoms with Gasteiger partial charge in [0.15, 0.2) is 0 Å². The Morgan fingerprint density at radius 1 is 1.42 bits per heavy atom. The second kappa shape index (κ2) is 5.12. The van der Waals surface area contributed by atoms with Gasteiger partial charge in [0.05, 0.1) is 5.69 Å². The largest absolute Gasteiger partial charge is 0.366 e. The van der Waals surface area contributed by atoms with Gasteiger partial charge in [0.25, 0.3) is 0 Å². The molecule has 1 aliphatic carbocycles. The molecule has 0 aromatic heterocycles. The van der Waals surface area contributed by atoms with Crippen LogP contribution in [-0.4, -0.2) is 19.1 Å². The van der Waals surface area contributed by atoms with Gasteiger partial charge in [0.2, 0.25) is 0 Å². The molecule has 2 nitrogen and oxygen atoms in total. The maximum absolute atomic E-state index is 14.4. The Morgan fingerprint density at radius 3 is 2.84 bits per heavy atom.